The average molecular weight is 261 g/mol. The van der Waals surface area contributed by atoms with E-state index in [9.17, 15) is 4.79 Å². The number of hydrogen-bond acceptors (Lipinski definition) is 2. The summed E-state index contributed by atoms with van der Waals surface area (Å²) in [5.41, 5.74) is 0.626. The summed E-state index contributed by atoms with van der Waals surface area (Å²) >= 11 is 16.7. The molecule has 78 valence electrons. The molecule has 1 aromatic carbocycles. The van der Waals surface area contributed by atoms with Crippen LogP contribution in [0.2, 0.25) is 10.0 Å². The van der Waals surface area contributed by atoms with Gasteiger partial charge in [-0.1, -0.05) is 35.3 Å². The third-order valence-corrected chi connectivity index (χ3v) is 3.12. The molecule has 6 heteroatoms. The second-order valence-electron chi connectivity index (χ2n) is 3.04. The molecule has 0 bridgehead atoms. The van der Waals surface area contributed by atoms with Gasteiger partial charge in [0, 0.05) is 5.56 Å². The average Bonchev–Trinajstić information content (AvgIpc) is 2.50. The summed E-state index contributed by atoms with van der Waals surface area (Å²) in [6, 6.07) is 4.58. The van der Waals surface area contributed by atoms with Crippen molar-refractivity contribution in [1.82, 2.24) is 10.6 Å². The number of carbonyl (C=O) groups excluding carboxylic acids is 1. The topological polar surface area (TPSA) is 41.1 Å². The predicted molar refractivity (Wildman–Crippen MR) is 63.1 cm³/mol. The quantitative estimate of drug-likeness (QED) is 0.760. The van der Waals surface area contributed by atoms with Gasteiger partial charge < -0.3 is 10.6 Å². The number of thiocarbonyl (C=S) groups is 1. The molecule has 2 N–H and O–H groups in total. The Morgan fingerprint density at radius 3 is 2.67 bits per heavy atom. The van der Waals surface area contributed by atoms with Crippen molar-refractivity contribution >= 4 is 46.4 Å². The first-order chi connectivity index (χ1) is 7.09. The van der Waals surface area contributed by atoms with E-state index in [1.165, 1.54) is 0 Å². The Morgan fingerprint density at radius 1 is 1.33 bits per heavy atom. The maximum Gasteiger partial charge on any atom is 0.253 e. The number of nitrogens with one attached hydrogen (secondary N) is 2. The van der Waals surface area contributed by atoms with Crippen molar-refractivity contribution < 1.29 is 4.79 Å². The second-order valence-corrected chi connectivity index (χ2v) is 4.23. The van der Waals surface area contributed by atoms with Crippen molar-refractivity contribution in [3.05, 3.63) is 33.8 Å². The summed E-state index contributed by atoms with van der Waals surface area (Å²) in [6.45, 7) is 0. The van der Waals surface area contributed by atoms with Crippen molar-refractivity contribution in [3.63, 3.8) is 0 Å². The zero-order valence-corrected chi connectivity index (χ0v) is 9.71. The molecular formula is C9H6Cl2N2OS. The SMILES string of the molecule is O=C1NC(=S)NC1c1cccc(Cl)c1Cl. The monoisotopic (exact) mass is 260 g/mol. The van der Waals surface area contributed by atoms with Gasteiger partial charge in [0.2, 0.25) is 0 Å². The van der Waals surface area contributed by atoms with Crippen LogP contribution in [0.3, 0.4) is 0 Å². The van der Waals surface area contributed by atoms with Gasteiger partial charge >= 0.3 is 0 Å². The molecule has 0 spiro atoms. The highest BCUT2D eigenvalue weighted by atomic mass is 35.5. The number of amides is 1. The van der Waals surface area contributed by atoms with Gasteiger partial charge in [-0.15, -0.1) is 0 Å². The Labute approximate surface area is 102 Å². The Kier molecular flexibility index (Phi) is 2.82. The molecule has 1 aliphatic rings. The van der Waals surface area contributed by atoms with Crippen LogP contribution in [0.25, 0.3) is 0 Å². The molecule has 0 aromatic heterocycles. The lowest BCUT2D eigenvalue weighted by Gasteiger charge is -2.10. The number of carbonyl (C=O) groups is 1. The number of benzene rings is 1. The lowest BCUT2D eigenvalue weighted by molar-refractivity contribution is -0.120. The summed E-state index contributed by atoms with van der Waals surface area (Å²) in [5, 5.41) is 6.40. The van der Waals surface area contributed by atoms with Gasteiger partial charge in [0.15, 0.2) is 5.11 Å². The summed E-state index contributed by atoms with van der Waals surface area (Å²) in [4.78, 5) is 11.5. The van der Waals surface area contributed by atoms with Gasteiger partial charge in [0.05, 0.1) is 10.0 Å². The number of halogens is 2. The standard InChI is InChI=1S/C9H6Cl2N2OS/c10-5-3-1-2-4(6(5)11)7-8(14)13-9(15)12-7/h1-3,7H,(H2,12,13,14,15). The van der Waals surface area contributed by atoms with Crippen LogP contribution in [0, 0.1) is 0 Å². The Hall–Kier alpha value is -0.840. The highest BCUT2D eigenvalue weighted by Gasteiger charge is 2.30. The van der Waals surface area contributed by atoms with Crippen molar-refractivity contribution in [2.45, 2.75) is 6.04 Å². The minimum atomic E-state index is -0.552. The molecular weight excluding hydrogens is 255 g/mol. The predicted octanol–water partition coefficient (Wildman–Crippen LogP) is 2.04. The molecule has 1 amide bonds. The molecule has 1 aliphatic heterocycles. The summed E-state index contributed by atoms with van der Waals surface area (Å²) in [5.74, 6) is -0.218. The van der Waals surface area contributed by atoms with Crippen LogP contribution in [0.1, 0.15) is 11.6 Å². The fourth-order valence-electron chi connectivity index (χ4n) is 1.38. The van der Waals surface area contributed by atoms with E-state index < -0.39 is 6.04 Å². The van der Waals surface area contributed by atoms with Gasteiger partial charge in [-0.05, 0) is 18.3 Å². The smallest absolute Gasteiger partial charge is 0.253 e. The third kappa shape index (κ3) is 1.93. The van der Waals surface area contributed by atoms with Crippen LogP contribution in [-0.2, 0) is 4.79 Å². The van der Waals surface area contributed by atoms with E-state index in [0.717, 1.165) is 0 Å². The van der Waals surface area contributed by atoms with Crippen LogP contribution in [0.4, 0.5) is 0 Å². The molecule has 1 unspecified atom stereocenters. The molecule has 1 aromatic rings. The molecule has 0 radical (unpaired) electrons. The highest BCUT2D eigenvalue weighted by Crippen LogP contribution is 2.30. The van der Waals surface area contributed by atoms with Crippen molar-refractivity contribution in [1.29, 1.82) is 0 Å². The van der Waals surface area contributed by atoms with Crippen LogP contribution in [0.5, 0.6) is 0 Å². The fraction of sp³-hybridized carbons (Fsp3) is 0.111. The normalized spacial score (nSPS) is 20.0. The molecule has 1 atom stereocenters. The fourth-order valence-corrected chi connectivity index (χ4v) is 2.01. The lowest BCUT2D eigenvalue weighted by Crippen LogP contribution is -2.21. The molecule has 1 fully saturated rings. The maximum atomic E-state index is 11.5. The Morgan fingerprint density at radius 2 is 2.07 bits per heavy atom. The molecule has 1 saturated heterocycles. The van der Waals surface area contributed by atoms with Gasteiger partial charge in [-0.2, -0.15) is 0 Å². The van der Waals surface area contributed by atoms with E-state index in [1.54, 1.807) is 18.2 Å². The van der Waals surface area contributed by atoms with Crippen LogP contribution >= 0.6 is 35.4 Å². The van der Waals surface area contributed by atoms with E-state index in [2.05, 4.69) is 10.6 Å². The molecule has 1 heterocycles. The minimum absolute atomic E-state index is 0.218. The Balaban J connectivity index is 2.42. The molecule has 2 rings (SSSR count). The summed E-state index contributed by atoms with van der Waals surface area (Å²) < 4.78 is 0. The van der Waals surface area contributed by atoms with E-state index >= 15 is 0 Å². The van der Waals surface area contributed by atoms with Gasteiger partial charge in [0.1, 0.15) is 6.04 Å². The first-order valence-corrected chi connectivity index (χ1v) is 5.31. The summed E-state index contributed by atoms with van der Waals surface area (Å²) in [6.07, 6.45) is 0. The number of rotatable bonds is 1. The second kappa shape index (κ2) is 3.96. The minimum Gasteiger partial charge on any atom is -0.347 e. The van der Waals surface area contributed by atoms with Crippen LogP contribution in [0.15, 0.2) is 18.2 Å². The van der Waals surface area contributed by atoms with Gasteiger partial charge in [0.25, 0.3) is 5.91 Å². The molecule has 15 heavy (non-hydrogen) atoms. The zero-order chi connectivity index (χ0) is 11.0. The van der Waals surface area contributed by atoms with E-state index in [0.29, 0.717) is 20.7 Å². The van der Waals surface area contributed by atoms with E-state index in [1.807, 2.05) is 0 Å². The van der Waals surface area contributed by atoms with E-state index in [-0.39, 0.29) is 5.91 Å². The largest absolute Gasteiger partial charge is 0.347 e. The molecule has 0 aliphatic carbocycles. The Bertz CT molecular complexity index is 450. The van der Waals surface area contributed by atoms with Crippen LogP contribution < -0.4 is 10.6 Å². The highest BCUT2D eigenvalue weighted by molar-refractivity contribution is 7.80. The third-order valence-electron chi connectivity index (χ3n) is 2.07. The summed E-state index contributed by atoms with van der Waals surface area (Å²) in [7, 11) is 0. The molecule has 3 nitrogen and oxygen atoms in total. The van der Waals surface area contributed by atoms with Crippen LogP contribution in [-0.4, -0.2) is 11.0 Å². The first kappa shape index (κ1) is 10.7. The molecule has 0 saturated carbocycles. The van der Waals surface area contributed by atoms with Crippen molar-refractivity contribution in [2.24, 2.45) is 0 Å². The van der Waals surface area contributed by atoms with Gasteiger partial charge in [-0.25, -0.2) is 0 Å². The number of hydrogen-bond donors (Lipinski definition) is 2. The van der Waals surface area contributed by atoms with Crippen molar-refractivity contribution in [2.75, 3.05) is 0 Å². The lowest BCUT2D eigenvalue weighted by atomic mass is 10.1. The van der Waals surface area contributed by atoms with Gasteiger partial charge in [-0.3, -0.25) is 4.79 Å². The zero-order valence-electron chi connectivity index (χ0n) is 7.38. The van der Waals surface area contributed by atoms with Crippen molar-refractivity contribution in [3.8, 4) is 0 Å². The maximum absolute atomic E-state index is 11.5. The van der Waals surface area contributed by atoms with E-state index in [4.69, 9.17) is 35.4 Å². The first-order valence-electron chi connectivity index (χ1n) is 4.15.